The summed E-state index contributed by atoms with van der Waals surface area (Å²) in [6.07, 6.45) is 0. The van der Waals surface area contributed by atoms with Crippen molar-refractivity contribution in [3.05, 3.63) is 71.8 Å². The molecule has 2 rings (SSSR count). The average molecular weight is 324 g/mol. The number of nitrogens with one attached hydrogen (secondary N) is 1. The molecule has 0 aromatic heterocycles. The van der Waals surface area contributed by atoms with Gasteiger partial charge in [0.2, 0.25) is 0 Å². The number of carbonyl (C=O) groups is 2. The van der Waals surface area contributed by atoms with E-state index in [4.69, 9.17) is 0 Å². The second kappa shape index (κ2) is 7.30. The first-order valence-electron chi connectivity index (χ1n) is 8.05. The highest BCUT2D eigenvalue weighted by molar-refractivity contribution is 5.99. The third-order valence-corrected chi connectivity index (χ3v) is 4.14. The highest BCUT2D eigenvalue weighted by Gasteiger charge is 2.31. The van der Waals surface area contributed by atoms with Crippen molar-refractivity contribution >= 4 is 11.8 Å². The summed E-state index contributed by atoms with van der Waals surface area (Å²) in [4.78, 5) is 25.4. The molecule has 0 bridgehead atoms. The molecule has 1 N–H and O–H groups in total. The Hall–Kier alpha value is -2.62. The van der Waals surface area contributed by atoms with Gasteiger partial charge in [-0.05, 0) is 36.6 Å². The van der Waals surface area contributed by atoms with Gasteiger partial charge in [-0.1, -0.05) is 57.2 Å². The number of carbonyl (C=O) groups excluding carboxylic acids is 2. The van der Waals surface area contributed by atoms with Gasteiger partial charge in [-0.15, -0.1) is 0 Å². The van der Waals surface area contributed by atoms with Gasteiger partial charge in [0.05, 0.1) is 6.04 Å². The zero-order chi connectivity index (χ0) is 17.7. The minimum absolute atomic E-state index is 0.183. The summed E-state index contributed by atoms with van der Waals surface area (Å²) < 4.78 is 0. The van der Waals surface area contributed by atoms with Gasteiger partial charge in [0.1, 0.15) is 0 Å². The minimum atomic E-state index is -0.295. The molecule has 0 aliphatic rings. The SMILES string of the molecule is CC(N(NC(=O)c1ccccc1)C(=O)c1ccccc1)C(C)(C)C. The van der Waals surface area contributed by atoms with Crippen LogP contribution in [0.4, 0.5) is 0 Å². The molecule has 4 nitrogen and oxygen atoms in total. The van der Waals surface area contributed by atoms with Crippen LogP contribution in [0.5, 0.6) is 0 Å². The molecule has 0 saturated carbocycles. The minimum Gasteiger partial charge on any atom is -0.267 e. The maximum absolute atomic E-state index is 12.9. The molecule has 126 valence electrons. The van der Waals surface area contributed by atoms with Gasteiger partial charge in [-0.2, -0.15) is 0 Å². The molecule has 0 fully saturated rings. The largest absolute Gasteiger partial charge is 0.272 e. The highest BCUT2D eigenvalue weighted by atomic mass is 16.2. The van der Waals surface area contributed by atoms with E-state index in [-0.39, 0.29) is 23.3 Å². The molecule has 1 unspecified atom stereocenters. The first kappa shape index (κ1) is 17.7. The molecule has 24 heavy (non-hydrogen) atoms. The third kappa shape index (κ3) is 4.22. The Labute approximate surface area is 143 Å². The first-order valence-corrected chi connectivity index (χ1v) is 8.05. The highest BCUT2D eigenvalue weighted by Crippen LogP contribution is 2.24. The molecule has 2 aromatic carbocycles. The van der Waals surface area contributed by atoms with Crippen molar-refractivity contribution in [3.63, 3.8) is 0 Å². The second-order valence-electron chi connectivity index (χ2n) is 6.89. The Morgan fingerprint density at radius 3 is 1.79 bits per heavy atom. The molecule has 1 atom stereocenters. The van der Waals surface area contributed by atoms with E-state index in [9.17, 15) is 9.59 Å². The lowest BCUT2D eigenvalue weighted by molar-refractivity contribution is 0.0337. The average Bonchev–Trinajstić information content (AvgIpc) is 2.59. The summed E-state index contributed by atoms with van der Waals surface area (Å²) in [5, 5.41) is 1.44. The Morgan fingerprint density at radius 2 is 1.33 bits per heavy atom. The number of hydrogen-bond acceptors (Lipinski definition) is 2. The smallest absolute Gasteiger partial charge is 0.267 e. The zero-order valence-corrected chi connectivity index (χ0v) is 14.6. The molecule has 4 heteroatoms. The topological polar surface area (TPSA) is 49.4 Å². The van der Waals surface area contributed by atoms with E-state index in [1.165, 1.54) is 5.01 Å². The fourth-order valence-corrected chi connectivity index (χ4v) is 2.19. The molecule has 2 aromatic rings. The van der Waals surface area contributed by atoms with Gasteiger partial charge in [0.25, 0.3) is 11.8 Å². The van der Waals surface area contributed by atoms with Crippen molar-refractivity contribution in [1.29, 1.82) is 0 Å². The fraction of sp³-hybridized carbons (Fsp3) is 0.300. The Kier molecular flexibility index (Phi) is 5.39. The van der Waals surface area contributed by atoms with Crippen LogP contribution in [-0.4, -0.2) is 22.9 Å². The Bertz CT molecular complexity index is 691. The summed E-state index contributed by atoms with van der Waals surface area (Å²) in [7, 11) is 0. The summed E-state index contributed by atoms with van der Waals surface area (Å²) >= 11 is 0. The number of hydrogen-bond donors (Lipinski definition) is 1. The summed E-state index contributed by atoms with van der Waals surface area (Å²) in [6.45, 7) is 8.05. The van der Waals surface area contributed by atoms with E-state index in [2.05, 4.69) is 5.43 Å². The van der Waals surface area contributed by atoms with E-state index in [1.54, 1.807) is 36.4 Å². The number of amides is 2. The van der Waals surface area contributed by atoms with Crippen molar-refractivity contribution in [3.8, 4) is 0 Å². The van der Waals surface area contributed by atoms with Gasteiger partial charge < -0.3 is 0 Å². The first-order chi connectivity index (χ1) is 11.3. The van der Waals surface area contributed by atoms with Crippen LogP contribution in [-0.2, 0) is 0 Å². The van der Waals surface area contributed by atoms with E-state index < -0.39 is 0 Å². The zero-order valence-electron chi connectivity index (χ0n) is 14.6. The molecule has 2 amide bonds. The quantitative estimate of drug-likeness (QED) is 0.870. The number of nitrogens with zero attached hydrogens (tertiary/aromatic N) is 1. The second-order valence-corrected chi connectivity index (χ2v) is 6.89. The van der Waals surface area contributed by atoms with E-state index in [1.807, 2.05) is 52.0 Å². The molecule has 0 spiro atoms. The van der Waals surface area contributed by atoms with Crippen LogP contribution >= 0.6 is 0 Å². The normalized spacial score (nSPS) is 12.3. The summed E-state index contributed by atoms with van der Waals surface area (Å²) in [6, 6.07) is 17.7. The lowest BCUT2D eigenvalue weighted by atomic mass is 9.87. The lowest BCUT2D eigenvalue weighted by Crippen LogP contribution is -2.55. The fourth-order valence-electron chi connectivity index (χ4n) is 2.19. The number of hydrazine groups is 1. The molecule has 0 heterocycles. The van der Waals surface area contributed by atoms with Crippen LogP contribution < -0.4 is 5.43 Å². The third-order valence-electron chi connectivity index (χ3n) is 4.14. The molecule has 0 aliphatic heterocycles. The summed E-state index contributed by atoms with van der Waals surface area (Å²) in [5.41, 5.74) is 3.66. The van der Waals surface area contributed by atoms with Crippen molar-refractivity contribution in [2.45, 2.75) is 33.7 Å². The standard InChI is InChI=1S/C20H24N2O2/c1-15(20(2,3)4)22(19(24)17-13-9-6-10-14-17)21-18(23)16-11-7-5-8-12-16/h5-15H,1-4H3,(H,21,23). The van der Waals surface area contributed by atoms with Crippen LogP contribution in [0.15, 0.2) is 60.7 Å². The van der Waals surface area contributed by atoms with Crippen LogP contribution in [0.25, 0.3) is 0 Å². The van der Waals surface area contributed by atoms with E-state index >= 15 is 0 Å². The van der Waals surface area contributed by atoms with Crippen LogP contribution in [0.1, 0.15) is 48.4 Å². The van der Waals surface area contributed by atoms with Crippen LogP contribution in [0.2, 0.25) is 0 Å². The molecule has 0 saturated heterocycles. The Balaban J connectivity index is 2.30. The van der Waals surface area contributed by atoms with Crippen LogP contribution in [0, 0.1) is 5.41 Å². The number of rotatable bonds is 3. The van der Waals surface area contributed by atoms with Crippen molar-refractivity contribution in [2.24, 2.45) is 5.41 Å². The monoisotopic (exact) mass is 324 g/mol. The van der Waals surface area contributed by atoms with Gasteiger partial charge in [-0.25, -0.2) is 5.01 Å². The molecular formula is C20H24N2O2. The van der Waals surface area contributed by atoms with Gasteiger partial charge >= 0.3 is 0 Å². The van der Waals surface area contributed by atoms with Crippen LogP contribution in [0.3, 0.4) is 0 Å². The number of benzene rings is 2. The van der Waals surface area contributed by atoms with E-state index in [0.717, 1.165) is 0 Å². The molecule has 0 radical (unpaired) electrons. The van der Waals surface area contributed by atoms with Gasteiger partial charge in [0.15, 0.2) is 0 Å². The molecule has 0 aliphatic carbocycles. The van der Waals surface area contributed by atoms with Crippen molar-refractivity contribution in [2.75, 3.05) is 0 Å². The van der Waals surface area contributed by atoms with Gasteiger partial charge in [-0.3, -0.25) is 15.0 Å². The van der Waals surface area contributed by atoms with Crippen molar-refractivity contribution in [1.82, 2.24) is 10.4 Å². The predicted molar refractivity (Wildman–Crippen MR) is 95.4 cm³/mol. The maximum atomic E-state index is 12.9. The molecular weight excluding hydrogens is 300 g/mol. The van der Waals surface area contributed by atoms with Crippen molar-refractivity contribution < 1.29 is 9.59 Å². The van der Waals surface area contributed by atoms with E-state index in [0.29, 0.717) is 11.1 Å². The Morgan fingerprint density at radius 1 is 0.875 bits per heavy atom. The lowest BCUT2D eigenvalue weighted by Gasteiger charge is -2.37. The summed E-state index contributed by atoms with van der Waals surface area (Å²) in [5.74, 6) is -0.515. The predicted octanol–water partition coefficient (Wildman–Crippen LogP) is 3.91. The van der Waals surface area contributed by atoms with Gasteiger partial charge in [0, 0.05) is 11.1 Å². The maximum Gasteiger partial charge on any atom is 0.272 e.